The van der Waals surface area contributed by atoms with Gasteiger partial charge in [-0.15, -0.1) is 0 Å². The fraction of sp³-hybridized carbons (Fsp3) is 0.600. The minimum Gasteiger partial charge on any atom is -0.367 e. The SMILES string of the molecule is CC(C)CCN1c2ccccc2CCC1CN. The van der Waals surface area contributed by atoms with Crippen molar-refractivity contribution in [3.63, 3.8) is 0 Å². The van der Waals surface area contributed by atoms with Crippen LogP contribution in [0.4, 0.5) is 5.69 Å². The van der Waals surface area contributed by atoms with E-state index in [0.29, 0.717) is 6.04 Å². The van der Waals surface area contributed by atoms with Gasteiger partial charge in [0.15, 0.2) is 0 Å². The lowest BCUT2D eigenvalue weighted by molar-refractivity contribution is 0.493. The van der Waals surface area contributed by atoms with Crippen molar-refractivity contribution in [1.82, 2.24) is 0 Å². The van der Waals surface area contributed by atoms with Crippen molar-refractivity contribution in [2.75, 3.05) is 18.0 Å². The fourth-order valence-corrected chi connectivity index (χ4v) is 2.62. The number of rotatable bonds is 4. The number of fused-ring (bicyclic) bond motifs is 1. The lowest BCUT2D eigenvalue weighted by Crippen LogP contribution is -2.44. The van der Waals surface area contributed by atoms with E-state index in [4.69, 9.17) is 5.73 Å². The molecule has 2 N–H and O–H groups in total. The van der Waals surface area contributed by atoms with E-state index in [9.17, 15) is 0 Å². The van der Waals surface area contributed by atoms with E-state index in [2.05, 4.69) is 43.0 Å². The largest absolute Gasteiger partial charge is 0.367 e. The van der Waals surface area contributed by atoms with E-state index in [1.807, 2.05) is 0 Å². The molecule has 2 heteroatoms. The summed E-state index contributed by atoms with van der Waals surface area (Å²) in [5.41, 5.74) is 8.81. The minimum absolute atomic E-state index is 0.531. The summed E-state index contributed by atoms with van der Waals surface area (Å²) in [6.07, 6.45) is 3.62. The molecule has 0 radical (unpaired) electrons. The molecule has 1 aromatic rings. The Bertz CT molecular complexity index is 360. The first-order valence-corrected chi connectivity index (χ1v) is 6.77. The van der Waals surface area contributed by atoms with Crippen LogP contribution < -0.4 is 10.6 Å². The topological polar surface area (TPSA) is 29.3 Å². The highest BCUT2D eigenvalue weighted by molar-refractivity contribution is 5.56. The zero-order valence-corrected chi connectivity index (χ0v) is 11.0. The first-order chi connectivity index (χ1) is 8.22. The van der Waals surface area contributed by atoms with E-state index in [1.54, 1.807) is 0 Å². The number of anilines is 1. The summed E-state index contributed by atoms with van der Waals surface area (Å²) in [5.74, 6) is 0.752. The average molecular weight is 232 g/mol. The van der Waals surface area contributed by atoms with Crippen LogP contribution in [-0.4, -0.2) is 19.1 Å². The molecule has 2 nitrogen and oxygen atoms in total. The van der Waals surface area contributed by atoms with Crippen molar-refractivity contribution in [2.24, 2.45) is 11.7 Å². The van der Waals surface area contributed by atoms with Crippen LogP contribution in [0.5, 0.6) is 0 Å². The zero-order valence-electron chi connectivity index (χ0n) is 11.0. The number of hydrogen-bond donors (Lipinski definition) is 1. The van der Waals surface area contributed by atoms with Crippen LogP contribution in [0.15, 0.2) is 24.3 Å². The number of hydrogen-bond acceptors (Lipinski definition) is 2. The maximum Gasteiger partial charge on any atom is 0.0415 e. The van der Waals surface area contributed by atoms with Gasteiger partial charge in [0.2, 0.25) is 0 Å². The van der Waals surface area contributed by atoms with Gasteiger partial charge in [0.05, 0.1) is 0 Å². The van der Waals surface area contributed by atoms with Crippen molar-refractivity contribution in [1.29, 1.82) is 0 Å². The normalized spacial score (nSPS) is 19.5. The van der Waals surface area contributed by atoms with E-state index in [1.165, 1.54) is 30.5 Å². The van der Waals surface area contributed by atoms with Crippen molar-refractivity contribution in [3.05, 3.63) is 29.8 Å². The van der Waals surface area contributed by atoms with Crippen molar-refractivity contribution in [2.45, 2.75) is 39.2 Å². The van der Waals surface area contributed by atoms with Gasteiger partial charge in [0.25, 0.3) is 0 Å². The molecule has 0 saturated heterocycles. The van der Waals surface area contributed by atoms with Gasteiger partial charge in [-0.25, -0.2) is 0 Å². The van der Waals surface area contributed by atoms with Crippen LogP contribution in [0, 0.1) is 5.92 Å². The second-order valence-corrected chi connectivity index (χ2v) is 5.43. The molecule has 0 aliphatic carbocycles. The standard InChI is InChI=1S/C15H24N2/c1-12(2)9-10-17-14(11-16)8-7-13-5-3-4-6-15(13)17/h3-6,12,14H,7-11,16H2,1-2H3. The molecule has 1 unspecified atom stereocenters. The number of aryl methyl sites for hydroxylation is 1. The van der Waals surface area contributed by atoms with Crippen LogP contribution in [0.25, 0.3) is 0 Å². The molecule has 1 atom stereocenters. The van der Waals surface area contributed by atoms with Gasteiger partial charge in [-0.2, -0.15) is 0 Å². The summed E-state index contributed by atoms with van der Waals surface area (Å²) in [6.45, 7) is 6.48. The van der Waals surface area contributed by atoms with Gasteiger partial charge in [0, 0.05) is 24.8 Å². The third kappa shape index (κ3) is 2.81. The molecular formula is C15H24N2. The smallest absolute Gasteiger partial charge is 0.0415 e. The number of para-hydroxylation sites is 1. The lowest BCUT2D eigenvalue weighted by atomic mass is 9.95. The second-order valence-electron chi connectivity index (χ2n) is 5.43. The summed E-state index contributed by atoms with van der Waals surface area (Å²) in [5, 5.41) is 0. The number of nitrogens with zero attached hydrogens (tertiary/aromatic N) is 1. The van der Waals surface area contributed by atoms with Gasteiger partial charge >= 0.3 is 0 Å². The molecular weight excluding hydrogens is 208 g/mol. The molecule has 94 valence electrons. The first kappa shape index (κ1) is 12.4. The molecule has 0 fully saturated rings. The van der Waals surface area contributed by atoms with Gasteiger partial charge < -0.3 is 10.6 Å². The highest BCUT2D eigenvalue weighted by Crippen LogP contribution is 2.30. The summed E-state index contributed by atoms with van der Waals surface area (Å²) in [7, 11) is 0. The molecule has 0 bridgehead atoms. The molecule has 1 aromatic carbocycles. The highest BCUT2D eigenvalue weighted by atomic mass is 15.2. The monoisotopic (exact) mass is 232 g/mol. The van der Waals surface area contributed by atoms with Crippen molar-refractivity contribution >= 4 is 5.69 Å². The molecule has 17 heavy (non-hydrogen) atoms. The van der Waals surface area contributed by atoms with Crippen molar-refractivity contribution < 1.29 is 0 Å². The Morgan fingerprint density at radius 2 is 2.12 bits per heavy atom. The summed E-state index contributed by atoms with van der Waals surface area (Å²) in [6, 6.07) is 9.31. The molecule has 0 aromatic heterocycles. The lowest BCUT2D eigenvalue weighted by Gasteiger charge is -2.39. The Hall–Kier alpha value is -1.02. The number of benzene rings is 1. The summed E-state index contributed by atoms with van der Waals surface area (Å²) in [4.78, 5) is 2.53. The van der Waals surface area contributed by atoms with Crippen LogP contribution >= 0.6 is 0 Å². The predicted molar refractivity (Wildman–Crippen MR) is 74.4 cm³/mol. The molecule has 0 saturated carbocycles. The van der Waals surface area contributed by atoms with E-state index < -0.39 is 0 Å². The van der Waals surface area contributed by atoms with Crippen LogP contribution in [-0.2, 0) is 6.42 Å². The summed E-state index contributed by atoms with van der Waals surface area (Å²) < 4.78 is 0. The first-order valence-electron chi connectivity index (χ1n) is 6.77. The van der Waals surface area contributed by atoms with Crippen LogP contribution in [0.1, 0.15) is 32.3 Å². The highest BCUT2D eigenvalue weighted by Gasteiger charge is 2.24. The molecule has 2 rings (SSSR count). The quantitative estimate of drug-likeness (QED) is 0.865. The molecule has 1 aliphatic heterocycles. The second kappa shape index (κ2) is 5.54. The van der Waals surface area contributed by atoms with Gasteiger partial charge in [-0.3, -0.25) is 0 Å². The van der Waals surface area contributed by atoms with Crippen LogP contribution in [0.2, 0.25) is 0 Å². The Kier molecular flexibility index (Phi) is 4.06. The Balaban J connectivity index is 2.18. The molecule has 0 amide bonds. The fourth-order valence-electron chi connectivity index (χ4n) is 2.62. The van der Waals surface area contributed by atoms with E-state index in [0.717, 1.165) is 19.0 Å². The Labute approximate surface area is 105 Å². The summed E-state index contributed by atoms with van der Waals surface area (Å²) >= 11 is 0. The van der Waals surface area contributed by atoms with E-state index >= 15 is 0 Å². The van der Waals surface area contributed by atoms with Crippen LogP contribution in [0.3, 0.4) is 0 Å². The maximum absolute atomic E-state index is 5.92. The molecule has 1 heterocycles. The third-order valence-electron chi connectivity index (χ3n) is 3.71. The third-order valence-corrected chi connectivity index (χ3v) is 3.71. The van der Waals surface area contributed by atoms with Gasteiger partial charge in [-0.05, 0) is 36.8 Å². The number of nitrogens with two attached hydrogens (primary N) is 1. The van der Waals surface area contributed by atoms with Crippen molar-refractivity contribution in [3.8, 4) is 0 Å². The van der Waals surface area contributed by atoms with Gasteiger partial charge in [-0.1, -0.05) is 32.0 Å². The zero-order chi connectivity index (χ0) is 12.3. The maximum atomic E-state index is 5.92. The van der Waals surface area contributed by atoms with E-state index in [-0.39, 0.29) is 0 Å². The average Bonchev–Trinajstić information content (AvgIpc) is 2.35. The molecule has 0 spiro atoms. The minimum atomic E-state index is 0.531. The Morgan fingerprint density at radius 3 is 2.82 bits per heavy atom. The predicted octanol–water partition coefficient (Wildman–Crippen LogP) is 2.81. The van der Waals surface area contributed by atoms with Gasteiger partial charge in [0.1, 0.15) is 0 Å². The Morgan fingerprint density at radius 1 is 1.35 bits per heavy atom. The molecule has 1 aliphatic rings.